The smallest absolute Gasteiger partial charge is 0.338 e. The molecule has 48 valence electrons. The van der Waals surface area contributed by atoms with Crippen LogP contribution in [-0.4, -0.2) is 26.4 Å². The Balaban J connectivity index is 2.99. The van der Waals surface area contributed by atoms with Crippen molar-refractivity contribution in [1.82, 2.24) is 5.32 Å². The molecule has 0 heterocycles. The molecule has 0 aliphatic heterocycles. The fourth-order valence-corrected chi connectivity index (χ4v) is 0.191. The summed E-state index contributed by atoms with van der Waals surface area (Å²) in [7, 11) is 1.60. The minimum Gasteiger partial charge on any atom is -0.448 e. The molecule has 0 aliphatic carbocycles. The predicted molar refractivity (Wildman–Crippen MR) is 26.0 cm³/mol. The van der Waals surface area contributed by atoms with Crippen molar-refractivity contribution in [1.29, 1.82) is 0 Å². The number of alkyl halides is 1. The van der Waals surface area contributed by atoms with Crippen LogP contribution in [0, 0.1) is 0 Å². The van der Waals surface area contributed by atoms with E-state index in [1.807, 2.05) is 0 Å². The summed E-state index contributed by atoms with van der Waals surface area (Å²) in [5.74, 6) is -0.834. The zero-order valence-corrected chi connectivity index (χ0v) is 4.61. The lowest BCUT2D eigenvalue weighted by Crippen LogP contribution is -2.17. The van der Waals surface area contributed by atoms with Gasteiger partial charge in [0.05, 0.1) is 0 Å². The molecule has 0 fully saturated rings. The van der Waals surface area contributed by atoms with Crippen molar-refractivity contribution in [3.63, 3.8) is 0 Å². The standard InChI is InChI=1S/C4H8FNO2/c1-6-3-8-4(7)2-5/h6H,2-3H2,1H3. The highest BCUT2D eigenvalue weighted by Gasteiger charge is 1.96. The molecule has 0 saturated heterocycles. The van der Waals surface area contributed by atoms with E-state index in [1.165, 1.54) is 0 Å². The van der Waals surface area contributed by atoms with Crippen LogP contribution in [0.5, 0.6) is 0 Å². The molecule has 4 heteroatoms. The van der Waals surface area contributed by atoms with Crippen LogP contribution in [0.15, 0.2) is 0 Å². The first-order valence-corrected chi connectivity index (χ1v) is 2.17. The van der Waals surface area contributed by atoms with E-state index in [9.17, 15) is 9.18 Å². The molecule has 0 rings (SSSR count). The van der Waals surface area contributed by atoms with Crippen molar-refractivity contribution in [2.24, 2.45) is 0 Å². The summed E-state index contributed by atoms with van der Waals surface area (Å²) < 4.78 is 15.4. The van der Waals surface area contributed by atoms with Gasteiger partial charge in [0, 0.05) is 0 Å². The van der Waals surface area contributed by atoms with Crippen molar-refractivity contribution < 1.29 is 13.9 Å². The van der Waals surface area contributed by atoms with Gasteiger partial charge in [0.25, 0.3) is 0 Å². The van der Waals surface area contributed by atoms with Crippen LogP contribution in [0.25, 0.3) is 0 Å². The average Bonchev–Trinajstić information content (AvgIpc) is 1.83. The molecule has 0 bridgehead atoms. The van der Waals surface area contributed by atoms with Crippen LogP contribution in [0.1, 0.15) is 0 Å². The van der Waals surface area contributed by atoms with Gasteiger partial charge in [-0.15, -0.1) is 0 Å². The Hall–Kier alpha value is -0.640. The van der Waals surface area contributed by atoms with E-state index in [0.29, 0.717) is 0 Å². The highest BCUT2D eigenvalue weighted by molar-refractivity contribution is 5.70. The molecule has 8 heavy (non-hydrogen) atoms. The van der Waals surface area contributed by atoms with Gasteiger partial charge in [0.15, 0.2) is 6.67 Å². The van der Waals surface area contributed by atoms with Gasteiger partial charge in [0.1, 0.15) is 6.73 Å². The molecule has 1 N–H and O–H groups in total. The number of ether oxygens (including phenoxy) is 1. The van der Waals surface area contributed by atoms with E-state index in [0.717, 1.165) is 0 Å². The van der Waals surface area contributed by atoms with Gasteiger partial charge < -0.3 is 4.74 Å². The average molecular weight is 121 g/mol. The third-order valence-electron chi connectivity index (χ3n) is 0.487. The second-order valence-corrected chi connectivity index (χ2v) is 1.15. The minimum atomic E-state index is -1.05. The van der Waals surface area contributed by atoms with E-state index >= 15 is 0 Å². The number of hydrogen-bond donors (Lipinski definition) is 1. The molecule has 0 amide bonds. The third-order valence-corrected chi connectivity index (χ3v) is 0.487. The summed E-state index contributed by atoms with van der Waals surface area (Å²) in [6.07, 6.45) is 0. The molecule has 0 spiro atoms. The molecular formula is C4H8FNO2. The molecule has 0 aromatic rings. The maximum Gasteiger partial charge on any atom is 0.338 e. The first kappa shape index (κ1) is 7.36. The van der Waals surface area contributed by atoms with Crippen LogP contribution >= 0.6 is 0 Å². The number of nitrogens with one attached hydrogen (secondary N) is 1. The highest BCUT2D eigenvalue weighted by atomic mass is 19.1. The first-order chi connectivity index (χ1) is 3.81. The van der Waals surface area contributed by atoms with Gasteiger partial charge in [-0.3, -0.25) is 5.32 Å². The first-order valence-electron chi connectivity index (χ1n) is 2.17. The molecular weight excluding hydrogens is 113 g/mol. The van der Waals surface area contributed by atoms with E-state index < -0.39 is 12.6 Å². The summed E-state index contributed by atoms with van der Waals surface area (Å²) in [5, 5.41) is 2.52. The van der Waals surface area contributed by atoms with Gasteiger partial charge in [-0.05, 0) is 7.05 Å². The van der Waals surface area contributed by atoms with Gasteiger partial charge >= 0.3 is 5.97 Å². The molecule has 3 nitrogen and oxygen atoms in total. The predicted octanol–water partition coefficient (Wildman–Crippen LogP) is -0.324. The third kappa shape index (κ3) is 3.55. The lowest BCUT2D eigenvalue weighted by molar-refractivity contribution is -0.145. The zero-order chi connectivity index (χ0) is 6.41. The lowest BCUT2D eigenvalue weighted by atomic mass is 10.8. The quantitative estimate of drug-likeness (QED) is 0.410. The van der Waals surface area contributed by atoms with Crippen LogP contribution in [0.4, 0.5) is 4.39 Å². The summed E-state index contributed by atoms with van der Waals surface area (Å²) in [6.45, 7) is -0.982. The normalized spacial score (nSPS) is 8.75. The Bertz CT molecular complexity index is 76.4. The van der Waals surface area contributed by atoms with E-state index in [1.54, 1.807) is 7.05 Å². The Morgan fingerprint density at radius 2 is 2.50 bits per heavy atom. The Morgan fingerprint density at radius 3 is 2.88 bits per heavy atom. The Kier molecular flexibility index (Phi) is 4.16. The molecule has 0 atom stereocenters. The number of esters is 1. The van der Waals surface area contributed by atoms with Gasteiger partial charge in [-0.1, -0.05) is 0 Å². The molecule has 0 aromatic heterocycles. The molecule has 0 aliphatic rings. The highest BCUT2D eigenvalue weighted by Crippen LogP contribution is 1.74. The summed E-state index contributed by atoms with van der Waals surface area (Å²) in [4.78, 5) is 9.93. The summed E-state index contributed by atoms with van der Waals surface area (Å²) in [5.41, 5.74) is 0. The zero-order valence-electron chi connectivity index (χ0n) is 4.61. The SMILES string of the molecule is CNCOC(=O)CF. The Morgan fingerprint density at radius 1 is 1.88 bits per heavy atom. The van der Waals surface area contributed by atoms with E-state index in [-0.39, 0.29) is 6.73 Å². The lowest BCUT2D eigenvalue weighted by Gasteiger charge is -1.97. The largest absolute Gasteiger partial charge is 0.448 e. The van der Waals surface area contributed by atoms with Crippen molar-refractivity contribution in [3.8, 4) is 0 Å². The molecule has 0 radical (unpaired) electrons. The van der Waals surface area contributed by atoms with Crippen LogP contribution in [0.2, 0.25) is 0 Å². The Labute approximate surface area is 46.8 Å². The molecule has 0 saturated carbocycles. The van der Waals surface area contributed by atoms with E-state index in [4.69, 9.17) is 0 Å². The van der Waals surface area contributed by atoms with Crippen LogP contribution < -0.4 is 5.32 Å². The molecule has 0 unspecified atom stereocenters. The number of rotatable bonds is 3. The van der Waals surface area contributed by atoms with E-state index in [2.05, 4.69) is 10.1 Å². The fourth-order valence-electron chi connectivity index (χ4n) is 0.191. The number of carbonyl (C=O) groups excluding carboxylic acids is 1. The maximum absolute atomic E-state index is 11.2. The second-order valence-electron chi connectivity index (χ2n) is 1.15. The van der Waals surface area contributed by atoms with Crippen molar-refractivity contribution in [2.75, 3.05) is 20.5 Å². The van der Waals surface area contributed by atoms with Crippen LogP contribution in [0.3, 0.4) is 0 Å². The van der Waals surface area contributed by atoms with Gasteiger partial charge in [-0.25, -0.2) is 9.18 Å². The van der Waals surface area contributed by atoms with Gasteiger partial charge in [0.2, 0.25) is 0 Å². The van der Waals surface area contributed by atoms with Crippen molar-refractivity contribution in [2.45, 2.75) is 0 Å². The number of carbonyl (C=O) groups is 1. The topological polar surface area (TPSA) is 38.3 Å². The summed E-state index contributed by atoms with van der Waals surface area (Å²) >= 11 is 0. The number of hydrogen-bond acceptors (Lipinski definition) is 3. The second kappa shape index (κ2) is 4.52. The van der Waals surface area contributed by atoms with Crippen LogP contribution in [-0.2, 0) is 9.53 Å². The maximum atomic E-state index is 11.2. The summed E-state index contributed by atoms with van der Waals surface area (Å²) in [6, 6.07) is 0. The fraction of sp³-hybridized carbons (Fsp3) is 0.750. The number of halogens is 1. The van der Waals surface area contributed by atoms with Gasteiger partial charge in [-0.2, -0.15) is 0 Å². The van der Waals surface area contributed by atoms with Crippen molar-refractivity contribution >= 4 is 5.97 Å². The molecule has 0 aromatic carbocycles. The monoisotopic (exact) mass is 121 g/mol. The minimum absolute atomic E-state index is 0.0722. The van der Waals surface area contributed by atoms with Crippen molar-refractivity contribution in [3.05, 3.63) is 0 Å².